The average Bonchev–Trinajstić information content (AvgIpc) is 2.71. The van der Waals surface area contributed by atoms with Gasteiger partial charge in [0.1, 0.15) is 0 Å². The van der Waals surface area contributed by atoms with E-state index in [-0.39, 0.29) is 6.79 Å². The fraction of sp³-hybridized carbons (Fsp3) is 0.125. The Balaban J connectivity index is 2.46. The third-order valence-electron chi connectivity index (χ3n) is 1.87. The van der Waals surface area contributed by atoms with E-state index in [1.165, 1.54) is 0 Å². The molecule has 60 valence electrons. The largest absolute Gasteiger partial charge is 0.454 e. The molecule has 1 aromatic carbocycles. The third-order valence-corrected chi connectivity index (χ3v) is 1.87. The first kappa shape index (κ1) is 5.88. The average molecular weight is 163 g/mol. The Labute approximate surface area is 67.7 Å². The van der Waals surface area contributed by atoms with Crippen LogP contribution >= 0.6 is 0 Å². The lowest BCUT2D eigenvalue weighted by atomic mass is 10.2. The normalized spacial score (nSPS) is 14.0. The van der Waals surface area contributed by atoms with Crippen LogP contribution in [0, 0.1) is 0 Å². The number of ether oxygens (including phenoxy) is 2. The van der Waals surface area contributed by atoms with Gasteiger partial charge in [-0.1, -0.05) is 5.16 Å². The second-order valence-corrected chi connectivity index (χ2v) is 2.54. The molecule has 2 aromatic rings. The molecule has 0 amide bonds. The van der Waals surface area contributed by atoms with Gasteiger partial charge in [-0.05, 0) is 12.1 Å². The summed E-state index contributed by atoms with van der Waals surface area (Å²) in [5.41, 5.74) is 0.722. The lowest BCUT2D eigenvalue weighted by Crippen LogP contribution is -1.93. The molecule has 1 aliphatic heterocycles. The molecule has 0 atom stereocenters. The van der Waals surface area contributed by atoms with E-state index in [9.17, 15) is 0 Å². The number of hydrogen-bond acceptors (Lipinski definition) is 4. The van der Waals surface area contributed by atoms with Crippen LogP contribution in [0.3, 0.4) is 0 Å². The molecular formula is C8H5NO3. The molecule has 0 saturated carbocycles. The van der Waals surface area contributed by atoms with Crippen LogP contribution < -0.4 is 9.47 Å². The molecule has 3 rings (SSSR count). The minimum atomic E-state index is 0.277. The van der Waals surface area contributed by atoms with Crippen molar-refractivity contribution in [1.82, 2.24) is 5.16 Å². The maximum atomic E-state index is 5.25. The first-order chi connectivity index (χ1) is 5.95. The number of aromatic nitrogens is 1. The predicted molar refractivity (Wildman–Crippen MR) is 40.1 cm³/mol. The van der Waals surface area contributed by atoms with Crippen LogP contribution in [0.4, 0.5) is 0 Å². The first-order valence-corrected chi connectivity index (χ1v) is 3.58. The predicted octanol–water partition coefficient (Wildman–Crippen LogP) is 1.56. The van der Waals surface area contributed by atoms with Crippen molar-refractivity contribution < 1.29 is 14.0 Å². The van der Waals surface area contributed by atoms with Crippen LogP contribution in [0.5, 0.6) is 11.5 Å². The molecule has 4 heteroatoms. The zero-order chi connectivity index (χ0) is 7.97. The highest BCUT2D eigenvalue weighted by molar-refractivity contribution is 5.86. The Bertz CT molecular complexity index is 435. The second kappa shape index (κ2) is 1.91. The lowest BCUT2D eigenvalue weighted by molar-refractivity contribution is 0.175. The molecule has 0 fully saturated rings. The zero-order valence-corrected chi connectivity index (χ0v) is 6.11. The van der Waals surface area contributed by atoms with Crippen molar-refractivity contribution in [2.45, 2.75) is 0 Å². The summed E-state index contributed by atoms with van der Waals surface area (Å²) >= 11 is 0. The van der Waals surface area contributed by atoms with Gasteiger partial charge in [0, 0.05) is 0 Å². The van der Waals surface area contributed by atoms with Gasteiger partial charge < -0.3 is 14.0 Å². The highest BCUT2D eigenvalue weighted by Gasteiger charge is 2.17. The maximum absolute atomic E-state index is 5.25. The van der Waals surface area contributed by atoms with Crippen molar-refractivity contribution in [3.8, 4) is 11.5 Å². The quantitative estimate of drug-likeness (QED) is 0.591. The van der Waals surface area contributed by atoms with E-state index >= 15 is 0 Å². The van der Waals surface area contributed by atoms with Crippen molar-refractivity contribution in [3.05, 3.63) is 18.3 Å². The van der Waals surface area contributed by atoms with Crippen molar-refractivity contribution in [2.24, 2.45) is 0 Å². The molecule has 12 heavy (non-hydrogen) atoms. The summed E-state index contributed by atoms with van der Waals surface area (Å²) in [4.78, 5) is 0. The summed E-state index contributed by atoms with van der Waals surface area (Å²) in [6, 6.07) is 3.63. The molecular weight excluding hydrogens is 158 g/mol. The summed E-state index contributed by atoms with van der Waals surface area (Å²) < 4.78 is 15.4. The number of nitrogens with zero attached hydrogens (tertiary/aromatic N) is 1. The number of rotatable bonds is 0. The molecule has 0 N–H and O–H groups in total. The van der Waals surface area contributed by atoms with Crippen LogP contribution in [0.2, 0.25) is 0 Å². The van der Waals surface area contributed by atoms with Gasteiger partial charge in [0.2, 0.25) is 6.79 Å². The van der Waals surface area contributed by atoms with E-state index in [4.69, 9.17) is 14.0 Å². The van der Waals surface area contributed by atoms with E-state index in [0.717, 1.165) is 22.5 Å². The molecule has 0 radical (unpaired) electrons. The molecule has 0 spiro atoms. The first-order valence-electron chi connectivity index (χ1n) is 3.58. The molecule has 0 unspecified atom stereocenters. The van der Waals surface area contributed by atoms with Gasteiger partial charge in [0.05, 0.1) is 11.6 Å². The summed E-state index contributed by atoms with van der Waals surface area (Å²) in [6.45, 7) is 0.277. The Morgan fingerprint density at radius 3 is 3.25 bits per heavy atom. The molecule has 1 aliphatic rings. The van der Waals surface area contributed by atoms with Gasteiger partial charge >= 0.3 is 0 Å². The molecule has 1 aromatic heterocycles. The highest BCUT2D eigenvalue weighted by Crippen LogP contribution is 2.38. The smallest absolute Gasteiger partial charge is 0.231 e. The van der Waals surface area contributed by atoms with Crippen molar-refractivity contribution in [3.63, 3.8) is 0 Å². The summed E-state index contributed by atoms with van der Waals surface area (Å²) in [5, 5.41) is 4.53. The lowest BCUT2D eigenvalue weighted by Gasteiger charge is -1.93. The number of fused-ring (bicyclic) bond motifs is 3. The monoisotopic (exact) mass is 163 g/mol. The van der Waals surface area contributed by atoms with Crippen molar-refractivity contribution in [1.29, 1.82) is 0 Å². The molecule has 0 aliphatic carbocycles. The maximum Gasteiger partial charge on any atom is 0.231 e. The second-order valence-electron chi connectivity index (χ2n) is 2.54. The SMILES string of the molecule is c1cc2oncc2c2c1OCO2. The van der Waals surface area contributed by atoms with Crippen LogP contribution in [-0.4, -0.2) is 11.9 Å². The van der Waals surface area contributed by atoms with Gasteiger partial charge in [-0.2, -0.15) is 0 Å². The van der Waals surface area contributed by atoms with E-state index in [1.807, 2.05) is 12.1 Å². The molecule has 0 bridgehead atoms. The van der Waals surface area contributed by atoms with E-state index in [1.54, 1.807) is 6.20 Å². The zero-order valence-electron chi connectivity index (χ0n) is 6.11. The Morgan fingerprint density at radius 1 is 1.25 bits per heavy atom. The van der Waals surface area contributed by atoms with E-state index in [0.29, 0.717) is 0 Å². The Kier molecular flexibility index (Phi) is 0.935. The molecule has 2 heterocycles. The Morgan fingerprint density at radius 2 is 2.25 bits per heavy atom. The van der Waals surface area contributed by atoms with E-state index in [2.05, 4.69) is 5.16 Å². The van der Waals surface area contributed by atoms with Gasteiger partial charge in [-0.15, -0.1) is 0 Å². The number of benzene rings is 1. The minimum Gasteiger partial charge on any atom is -0.454 e. The fourth-order valence-corrected chi connectivity index (χ4v) is 1.31. The summed E-state index contributed by atoms with van der Waals surface area (Å²) in [7, 11) is 0. The van der Waals surface area contributed by atoms with Crippen molar-refractivity contribution in [2.75, 3.05) is 6.79 Å². The van der Waals surface area contributed by atoms with Crippen LogP contribution in [0.1, 0.15) is 0 Å². The van der Waals surface area contributed by atoms with Crippen LogP contribution in [0.25, 0.3) is 11.0 Å². The van der Waals surface area contributed by atoms with E-state index < -0.39 is 0 Å². The Hall–Kier alpha value is -1.71. The topological polar surface area (TPSA) is 44.5 Å². The van der Waals surface area contributed by atoms with Crippen LogP contribution in [0.15, 0.2) is 22.9 Å². The van der Waals surface area contributed by atoms with Crippen LogP contribution in [-0.2, 0) is 0 Å². The fourth-order valence-electron chi connectivity index (χ4n) is 1.31. The van der Waals surface area contributed by atoms with Gasteiger partial charge in [0.15, 0.2) is 17.1 Å². The standard InChI is InChI=1S/C8H5NO3/c1-2-7-8(11-4-10-7)5-3-9-12-6(1)5/h1-3H,4H2. The van der Waals surface area contributed by atoms with Gasteiger partial charge in [-0.3, -0.25) is 0 Å². The van der Waals surface area contributed by atoms with Crippen molar-refractivity contribution >= 4 is 11.0 Å². The third kappa shape index (κ3) is 0.592. The summed E-state index contributed by atoms with van der Waals surface area (Å²) in [6.07, 6.45) is 1.63. The van der Waals surface area contributed by atoms with Gasteiger partial charge in [-0.25, -0.2) is 0 Å². The molecule has 4 nitrogen and oxygen atoms in total. The molecule has 0 saturated heterocycles. The minimum absolute atomic E-state index is 0.277. The summed E-state index contributed by atoms with van der Waals surface area (Å²) in [5.74, 6) is 1.49. The van der Waals surface area contributed by atoms with Gasteiger partial charge in [0.25, 0.3) is 0 Å². The number of hydrogen-bond donors (Lipinski definition) is 0. The highest BCUT2D eigenvalue weighted by atomic mass is 16.7.